The van der Waals surface area contributed by atoms with Gasteiger partial charge < -0.3 is 10.1 Å². The van der Waals surface area contributed by atoms with Crippen LogP contribution in [0.25, 0.3) is 0 Å². The third-order valence-corrected chi connectivity index (χ3v) is 4.75. The van der Waals surface area contributed by atoms with Crippen molar-refractivity contribution < 1.29 is 14.3 Å². The van der Waals surface area contributed by atoms with Crippen molar-refractivity contribution >= 4 is 11.9 Å². The zero-order valence-electron chi connectivity index (χ0n) is 12.0. The Morgan fingerprint density at radius 1 is 1.37 bits per heavy atom. The Hall–Kier alpha value is -1.06. The number of carbonyl (C=O) groups is 2. The summed E-state index contributed by atoms with van der Waals surface area (Å²) in [6.07, 6.45) is 7.20. The fourth-order valence-corrected chi connectivity index (χ4v) is 3.74. The fourth-order valence-electron chi connectivity index (χ4n) is 3.74. The van der Waals surface area contributed by atoms with Crippen molar-refractivity contribution in [3.05, 3.63) is 0 Å². The van der Waals surface area contributed by atoms with Crippen LogP contribution in [0, 0.1) is 11.3 Å². The molecule has 4 nitrogen and oxygen atoms in total. The highest BCUT2D eigenvalue weighted by molar-refractivity contribution is 5.90. The molecule has 2 aliphatic rings. The molecule has 108 valence electrons. The van der Waals surface area contributed by atoms with Crippen LogP contribution in [0.4, 0.5) is 0 Å². The van der Waals surface area contributed by atoms with Crippen LogP contribution in [0.3, 0.4) is 0 Å². The van der Waals surface area contributed by atoms with E-state index in [4.69, 9.17) is 4.74 Å². The van der Waals surface area contributed by atoms with Gasteiger partial charge in [-0.2, -0.15) is 0 Å². The minimum absolute atomic E-state index is 0.00648. The average molecular weight is 267 g/mol. The lowest BCUT2D eigenvalue weighted by Gasteiger charge is -2.39. The summed E-state index contributed by atoms with van der Waals surface area (Å²) in [6, 6.07) is -0.414. The van der Waals surface area contributed by atoms with Crippen LogP contribution in [0.1, 0.15) is 58.8 Å². The van der Waals surface area contributed by atoms with Crippen molar-refractivity contribution in [2.24, 2.45) is 11.3 Å². The summed E-state index contributed by atoms with van der Waals surface area (Å²) in [6.45, 7) is 4.39. The Kier molecular flexibility index (Phi) is 4.48. The van der Waals surface area contributed by atoms with Gasteiger partial charge in [-0.05, 0) is 38.5 Å². The van der Waals surface area contributed by atoms with Crippen LogP contribution in [0.5, 0.6) is 0 Å². The summed E-state index contributed by atoms with van der Waals surface area (Å²) in [7, 11) is 0. The van der Waals surface area contributed by atoms with Gasteiger partial charge in [0.25, 0.3) is 0 Å². The van der Waals surface area contributed by atoms with E-state index < -0.39 is 6.04 Å². The molecular formula is C15H25NO3. The molecule has 1 aliphatic carbocycles. The molecule has 1 atom stereocenters. The van der Waals surface area contributed by atoms with Gasteiger partial charge in [-0.15, -0.1) is 0 Å². The van der Waals surface area contributed by atoms with Crippen molar-refractivity contribution in [3.63, 3.8) is 0 Å². The fraction of sp³-hybridized carbons (Fsp3) is 0.867. The predicted octanol–water partition coefficient (Wildman–Crippen LogP) is 2.41. The first-order chi connectivity index (χ1) is 9.11. The summed E-state index contributed by atoms with van der Waals surface area (Å²) >= 11 is 0. The van der Waals surface area contributed by atoms with Gasteiger partial charge in [0.1, 0.15) is 6.04 Å². The minimum Gasteiger partial charge on any atom is -0.464 e. The van der Waals surface area contributed by atoms with E-state index in [1.807, 2.05) is 0 Å². The van der Waals surface area contributed by atoms with Gasteiger partial charge in [0.2, 0.25) is 5.91 Å². The highest BCUT2D eigenvalue weighted by atomic mass is 16.5. The summed E-state index contributed by atoms with van der Waals surface area (Å²) in [5, 5.41) is 2.83. The molecule has 1 amide bonds. The smallest absolute Gasteiger partial charge is 0.329 e. The minimum atomic E-state index is -0.414. The van der Waals surface area contributed by atoms with Crippen molar-refractivity contribution in [1.82, 2.24) is 5.32 Å². The van der Waals surface area contributed by atoms with E-state index in [1.54, 1.807) is 6.92 Å². The normalized spacial score (nSPS) is 34.3. The van der Waals surface area contributed by atoms with E-state index in [1.165, 1.54) is 12.8 Å². The quantitative estimate of drug-likeness (QED) is 0.796. The lowest BCUT2D eigenvalue weighted by Crippen LogP contribution is -2.46. The van der Waals surface area contributed by atoms with Gasteiger partial charge in [0.15, 0.2) is 0 Å². The first kappa shape index (κ1) is 14.4. The maximum atomic E-state index is 12.0. The Bertz CT molecular complexity index is 345. The first-order valence-electron chi connectivity index (χ1n) is 7.57. The topological polar surface area (TPSA) is 55.4 Å². The molecular weight excluding hydrogens is 242 g/mol. The molecule has 1 heterocycles. The second kappa shape index (κ2) is 5.93. The van der Waals surface area contributed by atoms with E-state index in [2.05, 4.69) is 12.2 Å². The molecule has 1 saturated heterocycles. The van der Waals surface area contributed by atoms with E-state index >= 15 is 0 Å². The number of ether oxygens (including phenoxy) is 1. The number of amides is 1. The molecule has 1 saturated carbocycles. The molecule has 4 heteroatoms. The molecule has 0 aromatic heterocycles. The number of hydrogen-bond donors (Lipinski definition) is 1. The van der Waals surface area contributed by atoms with Gasteiger partial charge in [0.05, 0.1) is 6.61 Å². The predicted molar refractivity (Wildman–Crippen MR) is 72.5 cm³/mol. The van der Waals surface area contributed by atoms with Crippen molar-refractivity contribution in [3.8, 4) is 0 Å². The van der Waals surface area contributed by atoms with Gasteiger partial charge in [-0.25, -0.2) is 4.79 Å². The first-order valence-corrected chi connectivity index (χ1v) is 7.57. The van der Waals surface area contributed by atoms with E-state index in [9.17, 15) is 9.59 Å². The molecule has 2 rings (SSSR count). The third kappa shape index (κ3) is 2.93. The molecule has 1 unspecified atom stereocenters. The van der Waals surface area contributed by atoms with Crippen LogP contribution < -0.4 is 5.32 Å². The molecule has 2 fully saturated rings. The number of rotatable bonds is 4. The maximum absolute atomic E-state index is 12.0. The van der Waals surface area contributed by atoms with Gasteiger partial charge in [-0.1, -0.05) is 19.8 Å². The second-order valence-corrected chi connectivity index (χ2v) is 6.02. The van der Waals surface area contributed by atoms with Crippen molar-refractivity contribution in [1.29, 1.82) is 0 Å². The lowest BCUT2D eigenvalue weighted by atomic mass is 9.65. The number of carbonyl (C=O) groups excluding carboxylic acids is 2. The Balaban J connectivity index is 2.04. The molecule has 1 N–H and O–H groups in total. The van der Waals surface area contributed by atoms with Crippen LogP contribution in [-0.2, 0) is 14.3 Å². The largest absolute Gasteiger partial charge is 0.464 e. The van der Waals surface area contributed by atoms with E-state index in [0.29, 0.717) is 13.0 Å². The Morgan fingerprint density at radius 3 is 2.63 bits per heavy atom. The SMILES string of the molecule is CCCC1CCC2(CC1)CC(=O)NC2C(=O)OCC. The second-order valence-electron chi connectivity index (χ2n) is 6.02. The standard InChI is InChI=1S/C15H25NO3/c1-3-5-11-6-8-15(9-7-11)10-12(17)16-13(15)14(18)19-4-2/h11,13H,3-10H2,1-2H3,(H,16,17). The molecule has 1 aliphatic heterocycles. The molecule has 19 heavy (non-hydrogen) atoms. The van der Waals surface area contributed by atoms with Gasteiger partial charge in [0, 0.05) is 11.8 Å². The molecule has 0 bridgehead atoms. The number of hydrogen-bond acceptors (Lipinski definition) is 3. The maximum Gasteiger partial charge on any atom is 0.329 e. The number of nitrogens with one attached hydrogen (secondary N) is 1. The molecule has 1 spiro atoms. The lowest BCUT2D eigenvalue weighted by molar-refractivity contribution is -0.149. The zero-order valence-corrected chi connectivity index (χ0v) is 12.0. The monoisotopic (exact) mass is 267 g/mol. The Morgan fingerprint density at radius 2 is 2.05 bits per heavy atom. The van der Waals surface area contributed by atoms with Crippen LogP contribution in [0.2, 0.25) is 0 Å². The van der Waals surface area contributed by atoms with Crippen LogP contribution in [-0.4, -0.2) is 24.5 Å². The summed E-state index contributed by atoms with van der Waals surface area (Å²) in [4.78, 5) is 23.8. The third-order valence-electron chi connectivity index (χ3n) is 4.75. The average Bonchev–Trinajstić information content (AvgIpc) is 2.70. The van der Waals surface area contributed by atoms with Crippen molar-refractivity contribution in [2.45, 2.75) is 64.8 Å². The van der Waals surface area contributed by atoms with Gasteiger partial charge in [-0.3, -0.25) is 4.79 Å². The highest BCUT2D eigenvalue weighted by Crippen LogP contribution is 2.48. The van der Waals surface area contributed by atoms with Crippen LogP contribution in [0.15, 0.2) is 0 Å². The number of esters is 1. The Labute approximate surface area is 115 Å². The van der Waals surface area contributed by atoms with Gasteiger partial charge >= 0.3 is 5.97 Å². The molecule has 0 radical (unpaired) electrons. The highest BCUT2D eigenvalue weighted by Gasteiger charge is 2.52. The summed E-state index contributed by atoms with van der Waals surface area (Å²) in [5.41, 5.74) is -0.173. The summed E-state index contributed by atoms with van der Waals surface area (Å²) in [5.74, 6) is 0.531. The molecule has 0 aromatic rings. The summed E-state index contributed by atoms with van der Waals surface area (Å²) < 4.78 is 5.12. The van der Waals surface area contributed by atoms with Crippen LogP contribution >= 0.6 is 0 Å². The van der Waals surface area contributed by atoms with E-state index in [0.717, 1.165) is 31.6 Å². The van der Waals surface area contributed by atoms with E-state index in [-0.39, 0.29) is 17.3 Å². The zero-order chi connectivity index (χ0) is 13.9. The molecule has 0 aromatic carbocycles. The van der Waals surface area contributed by atoms with Crippen molar-refractivity contribution in [2.75, 3.05) is 6.61 Å².